The molecule has 1 aliphatic heterocycles. The summed E-state index contributed by atoms with van der Waals surface area (Å²) in [6.07, 6.45) is 0. The quantitative estimate of drug-likeness (QED) is 0.672. The van der Waals surface area contributed by atoms with Gasteiger partial charge in [-0.1, -0.05) is 23.2 Å². The second kappa shape index (κ2) is 10.0. The van der Waals surface area contributed by atoms with Gasteiger partial charge in [0.15, 0.2) is 13.2 Å². The summed E-state index contributed by atoms with van der Waals surface area (Å²) in [4.78, 5) is 28.2. The third-order valence-corrected chi connectivity index (χ3v) is 5.82. The van der Waals surface area contributed by atoms with Crippen molar-refractivity contribution in [3.63, 3.8) is 0 Å². The van der Waals surface area contributed by atoms with Gasteiger partial charge in [0.2, 0.25) is 0 Å². The molecule has 30 heavy (non-hydrogen) atoms. The van der Waals surface area contributed by atoms with Crippen LogP contribution in [0.3, 0.4) is 0 Å². The maximum absolute atomic E-state index is 12.4. The molecule has 0 spiro atoms. The van der Waals surface area contributed by atoms with E-state index in [0.717, 1.165) is 11.1 Å². The molecular weight excluding hydrogens is 427 g/mol. The van der Waals surface area contributed by atoms with E-state index in [2.05, 4.69) is 0 Å². The zero-order valence-corrected chi connectivity index (χ0v) is 18.5. The molecule has 1 saturated heterocycles. The predicted octanol–water partition coefficient (Wildman–Crippen LogP) is 3.74. The number of carbonyl (C=O) groups excluding carboxylic acids is 2. The molecule has 2 amide bonds. The molecule has 0 bridgehead atoms. The zero-order valence-electron chi connectivity index (χ0n) is 17.0. The van der Waals surface area contributed by atoms with Gasteiger partial charge < -0.3 is 19.3 Å². The second-order valence-electron chi connectivity index (χ2n) is 7.16. The van der Waals surface area contributed by atoms with Crippen molar-refractivity contribution in [2.24, 2.45) is 0 Å². The summed E-state index contributed by atoms with van der Waals surface area (Å²) in [7, 11) is 0. The van der Waals surface area contributed by atoms with E-state index in [9.17, 15) is 9.59 Å². The Kier molecular flexibility index (Phi) is 7.45. The average molecular weight is 451 g/mol. The predicted molar refractivity (Wildman–Crippen MR) is 117 cm³/mol. The minimum absolute atomic E-state index is 0.0476. The van der Waals surface area contributed by atoms with Crippen molar-refractivity contribution in [2.75, 3.05) is 39.4 Å². The van der Waals surface area contributed by atoms with E-state index in [1.165, 1.54) is 0 Å². The van der Waals surface area contributed by atoms with Gasteiger partial charge in [0, 0.05) is 36.2 Å². The molecule has 3 rings (SSSR count). The Hall–Kier alpha value is -2.44. The molecule has 2 aromatic carbocycles. The standard InChI is InChI=1S/C22H24Cl2N2O4/c1-15-11-17(3-5-19(15)23)29-13-21(27)25-7-9-26(10-8-25)22(28)14-30-18-4-6-20(24)16(2)12-18/h3-6,11-12H,7-10,13-14H2,1-2H3. The fourth-order valence-corrected chi connectivity index (χ4v) is 3.33. The molecule has 160 valence electrons. The van der Waals surface area contributed by atoms with Crippen LogP contribution in [0.1, 0.15) is 11.1 Å². The van der Waals surface area contributed by atoms with Gasteiger partial charge in [-0.3, -0.25) is 9.59 Å². The fourth-order valence-electron chi connectivity index (χ4n) is 3.09. The lowest BCUT2D eigenvalue weighted by Gasteiger charge is -2.34. The molecule has 0 saturated carbocycles. The van der Waals surface area contributed by atoms with Crippen LogP contribution in [-0.2, 0) is 9.59 Å². The fraction of sp³-hybridized carbons (Fsp3) is 0.364. The highest BCUT2D eigenvalue weighted by molar-refractivity contribution is 6.31. The van der Waals surface area contributed by atoms with Crippen LogP contribution in [0.25, 0.3) is 0 Å². The second-order valence-corrected chi connectivity index (χ2v) is 7.98. The van der Waals surface area contributed by atoms with E-state index in [1.807, 2.05) is 13.8 Å². The average Bonchev–Trinajstić information content (AvgIpc) is 2.75. The summed E-state index contributed by atoms with van der Waals surface area (Å²) in [6.45, 7) is 5.53. The molecular formula is C22H24Cl2N2O4. The van der Waals surface area contributed by atoms with E-state index in [4.69, 9.17) is 32.7 Å². The Labute approximate surface area is 186 Å². The highest BCUT2D eigenvalue weighted by Gasteiger charge is 2.24. The van der Waals surface area contributed by atoms with Crippen LogP contribution < -0.4 is 9.47 Å². The normalized spacial score (nSPS) is 13.9. The van der Waals surface area contributed by atoms with Gasteiger partial charge in [0.25, 0.3) is 11.8 Å². The first kappa shape index (κ1) is 22.2. The molecule has 2 aromatic rings. The topological polar surface area (TPSA) is 59.1 Å². The van der Waals surface area contributed by atoms with E-state index >= 15 is 0 Å². The summed E-state index contributed by atoms with van der Waals surface area (Å²) < 4.78 is 11.2. The van der Waals surface area contributed by atoms with Crippen LogP contribution >= 0.6 is 23.2 Å². The lowest BCUT2D eigenvalue weighted by Crippen LogP contribution is -2.52. The van der Waals surface area contributed by atoms with Crippen molar-refractivity contribution >= 4 is 35.0 Å². The van der Waals surface area contributed by atoms with Gasteiger partial charge in [-0.25, -0.2) is 0 Å². The van der Waals surface area contributed by atoms with Crippen molar-refractivity contribution in [1.82, 2.24) is 9.80 Å². The Bertz CT molecular complexity index is 852. The maximum atomic E-state index is 12.4. The third-order valence-electron chi connectivity index (χ3n) is 4.97. The molecule has 0 unspecified atom stereocenters. The van der Waals surface area contributed by atoms with Gasteiger partial charge in [-0.15, -0.1) is 0 Å². The molecule has 0 radical (unpaired) electrons. The number of amides is 2. The molecule has 0 atom stereocenters. The minimum Gasteiger partial charge on any atom is -0.484 e. The molecule has 0 aliphatic carbocycles. The van der Waals surface area contributed by atoms with Crippen molar-refractivity contribution in [2.45, 2.75) is 13.8 Å². The number of hydrogen-bond acceptors (Lipinski definition) is 4. The van der Waals surface area contributed by atoms with Gasteiger partial charge in [-0.05, 0) is 61.4 Å². The van der Waals surface area contributed by atoms with E-state index in [1.54, 1.807) is 46.2 Å². The highest BCUT2D eigenvalue weighted by Crippen LogP contribution is 2.22. The van der Waals surface area contributed by atoms with Gasteiger partial charge in [0.05, 0.1) is 0 Å². The van der Waals surface area contributed by atoms with E-state index in [0.29, 0.717) is 47.7 Å². The summed E-state index contributed by atoms with van der Waals surface area (Å²) >= 11 is 12.0. The Morgan fingerprint density at radius 3 is 1.47 bits per heavy atom. The minimum atomic E-state index is -0.109. The molecule has 0 aromatic heterocycles. The van der Waals surface area contributed by atoms with Gasteiger partial charge in [-0.2, -0.15) is 0 Å². The molecule has 1 heterocycles. The number of aryl methyl sites for hydroxylation is 2. The lowest BCUT2D eigenvalue weighted by atomic mass is 10.2. The Morgan fingerprint density at radius 1 is 0.767 bits per heavy atom. The maximum Gasteiger partial charge on any atom is 0.260 e. The summed E-state index contributed by atoms with van der Waals surface area (Å²) in [5.74, 6) is 0.993. The number of benzene rings is 2. The Balaban J connectivity index is 1.41. The van der Waals surface area contributed by atoms with Crippen LogP contribution in [0.4, 0.5) is 0 Å². The first-order valence-electron chi connectivity index (χ1n) is 9.67. The molecule has 1 fully saturated rings. The van der Waals surface area contributed by atoms with Crippen LogP contribution in [0, 0.1) is 13.8 Å². The van der Waals surface area contributed by atoms with Crippen LogP contribution in [0.5, 0.6) is 11.5 Å². The smallest absolute Gasteiger partial charge is 0.260 e. The van der Waals surface area contributed by atoms with Crippen molar-refractivity contribution in [3.05, 3.63) is 57.6 Å². The lowest BCUT2D eigenvalue weighted by molar-refractivity contribution is -0.141. The molecule has 1 aliphatic rings. The van der Waals surface area contributed by atoms with Gasteiger partial charge >= 0.3 is 0 Å². The number of ether oxygens (including phenoxy) is 2. The van der Waals surface area contributed by atoms with E-state index < -0.39 is 0 Å². The molecule has 6 nitrogen and oxygen atoms in total. The van der Waals surface area contributed by atoms with Crippen LogP contribution in [0.2, 0.25) is 10.0 Å². The van der Waals surface area contributed by atoms with E-state index in [-0.39, 0.29) is 25.0 Å². The first-order chi connectivity index (χ1) is 14.3. The number of nitrogens with zero attached hydrogens (tertiary/aromatic N) is 2. The summed E-state index contributed by atoms with van der Waals surface area (Å²) in [5.41, 5.74) is 1.79. The number of halogens is 2. The number of rotatable bonds is 6. The summed E-state index contributed by atoms with van der Waals surface area (Å²) in [5, 5.41) is 1.31. The van der Waals surface area contributed by atoms with Crippen LogP contribution in [0.15, 0.2) is 36.4 Å². The van der Waals surface area contributed by atoms with Crippen molar-refractivity contribution in [3.8, 4) is 11.5 Å². The number of piperazine rings is 1. The zero-order chi connectivity index (χ0) is 21.7. The van der Waals surface area contributed by atoms with Crippen molar-refractivity contribution in [1.29, 1.82) is 0 Å². The summed E-state index contributed by atoms with van der Waals surface area (Å²) in [6, 6.07) is 10.6. The Morgan fingerprint density at radius 2 is 1.13 bits per heavy atom. The van der Waals surface area contributed by atoms with Crippen LogP contribution in [-0.4, -0.2) is 61.0 Å². The number of carbonyl (C=O) groups is 2. The molecule has 0 N–H and O–H groups in total. The van der Waals surface area contributed by atoms with Gasteiger partial charge in [0.1, 0.15) is 11.5 Å². The number of hydrogen-bond donors (Lipinski definition) is 0. The highest BCUT2D eigenvalue weighted by atomic mass is 35.5. The van der Waals surface area contributed by atoms with Crippen molar-refractivity contribution < 1.29 is 19.1 Å². The SMILES string of the molecule is Cc1cc(OCC(=O)N2CCN(C(=O)COc3ccc(Cl)c(C)c3)CC2)ccc1Cl. The first-order valence-corrected chi connectivity index (χ1v) is 10.4. The monoisotopic (exact) mass is 450 g/mol. The largest absolute Gasteiger partial charge is 0.484 e. The third kappa shape index (κ3) is 5.80. The molecule has 8 heteroatoms.